The molecule has 14 heavy (non-hydrogen) atoms. The van der Waals surface area contributed by atoms with Crippen LogP contribution < -0.4 is 4.18 Å². The SMILES string of the molecule is CC=Cc1cccc(OS(=O)(=O)O)c1. The summed E-state index contributed by atoms with van der Waals surface area (Å²) in [5.41, 5.74) is 0.800. The molecule has 0 aliphatic carbocycles. The van der Waals surface area contributed by atoms with E-state index in [1.807, 2.05) is 13.0 Å². The lowest BCUT2D eigenvalue weighted by atomic mass is 10.2. The first-order valence-electron chi connectivity index (χ1n) is 3.91. The van der Waals surface area contributed by atoms with E-state index < -0.39 is 10.4 Å². The normalized spacial score (nSPS) is 11.9. The van der Waals surface area contributed by atoms with Gasteiger partial charge in [-0.2, -0.15) is 8.42 Å². The van der Waals surface area contributed by atoms with E-state index in [0.717, 1.165) is 5.56 Å². The van der Waals surface area contributed by atoms with Gasteiger partial charge in [0.15, 0.2) is 0 Å². The monoisotopic (exact) mass is 214 g/mol. The van der Waals surface area contributed by atoms with Crippen LogP contribution in [0.4, 0.5) is 0 Å². The van der Waals surface area contributed by atoms with Crippen LogP contribution in [0.1, 0.15) is 12.5 Å². The molecule has 0 aromatic heterocycles. The van der Waals surface area contributed by atoms with Crippen molar-refractivity contribution in [2.45, 2.75) is 6.92 Å². The van der Waals surface area contributed by atoms with E-state index in [-0.39, 0.29) is 5.75 Å². The molecule has 0 amide bonds. The maximum atomic E-state index is 10.4. The Morgan fingerprint density at radius 3 is 2.71 bits per heavy atom. The van der Waals surface area contributed by atoms with Crippen molar-refractivity contribution in [3.63, 3.8) is 0 Å². The van der Waals surface area contributed by atoms with Crippen LogP contribution in [0.3, 0.4) is 0 Å². The second-order valence-electron chi connectivity index (χ2n) is 2.58. The summed E-state index contributed by atoms with van der Waals surface area (Å²) in [5, 5.41) is 0. The molecule has 0 aliphatic heterocycles. The van der Waals surface area contributed by atoms with Gasteiger partial charge in [-0.05, 0) is 24.6 Å². The zero-order valence-electron chi connectivity index (χ0n) is 7.54. The van der Waals surface area contributed by atoms with E-state index in [1.165, 1.54) is 12.1 Å². The molecule has 0 radical (unpaired) electrons. The summed E-state index contributed by atoms with van der Waals surface area (Å²) in [4.78, 5) is 0. The van der Waals surface area contributed by atoms with Crippen molar-refractivity contribution >= 4 is 16.5 Å². The van der Waals surface area contributed by atoms with Crippen LogP contribution in [-0.2, 0) is 10.4 Å². The lowest BCUT2D eigenvalue weighted by Gasteiger charge is -2.01. The first-order chi connectivity index (χ1) is 6.51. The van der Waals surface area contributed by atoms with Crippen molar-refractivity contribution in [2.24, 2.45) is 0 Å². The largest absolute Gasteiger partial charge is 0.446 e. The Morgan fingerprint density at radius 1 is 1.43 bits per heavy atom. The highest BCUT2D eigenvalue weighted by atomic mass is 32.3. The molecule has 0 aliphatic rings. The third kappa shape index (κ3) is 3.59. The lowest BCUT2D eigenvalue weighted by molar-refractivity contribution is 0.387. The molecule has 76 valence electrons. The highest BCUT2D eigenvalue weighted by Gasteiger charge is 2.05. The van der Waals surface area contributed by atoms with Gasteiger partial charge in [0.2, 0.25) is 0 Å². The first kappa shape index (κ1) is 10.7. The smallest absolute Gasteiger partial charge is 0.362 e. The second kappa shape index (κ2) is 4.26. The maximum Gasteiger partial charge on any atom is 0.446 e. The first-order valence-corrected chi connectivity index (χ1v) is 5.27. The molecule has 5 heteroatoms. The molecule has 0 fully saturated rings. The predicted molar refractivity (Wildman–Crippen MR) is 53.3 cm³/mol. The number of hydrogen-bond donors (Lipinski definition) is 1. The van der Waals surface area contributed by atoms with Gasteiger partial charge in [-0.25, -0.2) is 0 Å². The molecule has 1 aromatic carbocycles. The molecule has 0 unspecified atom stereocenters. The van der Waals surface area contributed by atoms with Crippen LogP contribution in [-0.4, -0.2) is 13.0 Å². The van der Waals surface area contributed by atoms with Gasteiger partial charge in [-0.15, -0.1) is 0 Å². The molecular formula is C9H10O4S. The molecule has 1 aromatic rings. The average Bonchev–Trinajstić information content (AvgIpc) is 2.02. The summed E-state index contributed by atoms with van der Waals surface area (Å²) in [5.74, 6) is 0.0862. The minimum Gasteiger partial charge on any atom is -0.362 e. The predicted octanol–water partition coefficient (Wildman–Crippen LogP) is 1.90. The molecule has 4 nitrogen and oxygen atoms in total. The Kier molecular flexibility index (Phi) is 3.27. The van der Waals surface area contributed by atoms with Crippen molar-refractivity contribution in [2.75, 3.05) is 0 Å². The zero-order chi connectivity index (χ0) is 10.6. The van der Waals surface area contributed by atoms with Gasteiger partial charge in [0.25, 0.3) is 0 Å². The number of allylic oxidation sites excluding steroid dienone is 1. The van der Waals surface area contributed by atoms with Gasteiger partial charge in [0.05, 0.1) is 0 Å². The molecule has 0 saturated heterocycles. The minimum absolute atomic E-state index is 0.0862. The lowest BCUT2D eigenvalue weighted by Crippen LogP contribution is -2.06. The van der Waals surface area contributed by atoms with Crippen molar-refractivity contribution in [1.29, 1.82) is 0 Å². The number of hydrogen-bond acceptors (Lipinski definition) is 3. The Balaban J connectivity index is 2.95. The summed E-state index contributed by atoms with van der Waals surface area (Å²) in [6.07, 6.45) is 3.60. The Bertz CT molecular complexity index is 434. The molecule has 0 spiro atoms. The van der Waals surface area contributed by atoms with Crippen molar-refractivity contribution < 1.29 is 17.2 Å². The van der Waals surface area contributed by atoms with Crippen molar-refractivity contribution in [3.8, 4) is 5.75 Å². The fourth-order valence-electron chi connectivity index (χ4n) is 0.984. The molecule has 0 saturated carbocycles. The molecule has 1 rings (SSSR count). The van der Waals surface area contributed by atoms with E-state index in [4.69, 9.17) is 4.55 Å². The Hall–Kier alpha value is -1.33. The standard InChI is InChI=1S/C9H10O4S/c1-2-4-8-5-3-6-9(7-8)13-14(10,11)12/h2-7H,1H3,(H,10,11,12). The van der Waals surface area contributed by atoms with E-state index >= 15 is 0 Å². The van der Waals surface area contributed by atoms with E-state index in [1.54, 1.807) is 18.2 Å². The third-order valence-electron chi connectivity index (χ3n) is 1.42. The summed E-state index contributed by atoms with van der Waals surface area (Å²) >= 11 is 0. The van der Waals surface area contributed by atoms with Crippen molar-refractivity contribution in [1.82, 2.24) is 0 Å². The van der Waals surface area contributed by atoms with Crippen LogP contribution in [0.5, 0.6) is 5.75 Å². The van der Waals surface area contributed by atoms with Crippen LogP contribution >= 0.6 is 0 Å². The molecule has 0 bridgehead atoms. The zero-order valence-corrected chi connectivity index (χ0v) is 8.36. The third-order valence-corrected chi connectivity index (χ3v) is 1.82. The fraction of sp³-hybridized carbons (Fsp3) is 0.111. The van der Waals surface area contributed by atoms with Gasteiger partial charge in [0.1, 0.15) is 5.75 Å². The highest BCUT2D eigenvalue weighted by molar-refractivity contribution is 7.81. The van der Waals surface area contributed by atoms with E-state index in [0.29, 0.717) is 0 Å². The number of rotatable bonds is 3. The maximum absolute atomic E-state index is 10.4. The molecule has 0 heterocycles. The quantitative estimate of drug-likeness (QED) is 0.780. The van der Waals surface area contributed by atoms with Crippen molar-refractivity contribution in [3.05, 3.63) is 35.9 Å². The molecule has 0 atom stereocenters. The summed E-state index contributed by atoms with van der Waals surface area (Å²) in [6.45, 7) is 1.84. The minimum atomic E-state index is -4.43. The van der Waals surface area contributed by atoms with Crippen LogP contribution in [0.2, 0.25) is 0 Å². The second-order valence-corrected chi connectivity index (χ2v) is 3.61. The van der Waals surface area contributed by atoms with E-state index in [2.05, 4.69) is 4.18 Å². The van der Waals surface area contributed by atoms with Gasteiger partial charge >= 0.3 is 10.4 Å². The Morgan fingerprint density at radius 2 is 2.14 bits per heavy atom. The highest BCUT2D eigenvalue weighted by Crippen LogP contribution is 2.15. The van der Waals surface area contributed by atoms with Gasteiger partial charge in [-0.1, -0.05) is 24.3 Å². The fourth-order valence-corrected chi connectivity index (χ4v) is 1.33. The average molecular weight is 214 g/mol. The summed E-state index contributed by atoms with van der Waals surface area (Å²) in [7, 11) is -4.43. The van der Waals surface area contributed by atoms with Crippen LogP contribution in [0.15, 0.2) is 30.3 Å². The summed E-state index contributed by atoms with van der Waals surface area (Å²) < 4.78 is 33.5. The van der Waals surface area contributed by atoms with Gasteiger partial charge < -0.3 is 4.18 Å². The van der Waals surface area contributed by atoms with Gasteiger partial charge in [0, 0.05) is 0 Å². The number of benzene rings is 1. The Labute approximate surface area is 82.8 Å². The topological polar surface area (TPSA) is 63.6 Å². The molecule has 1 N–H and O–H groups in total. The van der Waals surface area contributed by atoms with Crippen LogP contribution in [0, 0.1) is 0 Å². The van der Waals surface area contributed by atoms with Crippen LogP contribution in [0.25, 0.3) is 6.08 Å². The van der Waals surface area contributed by atoms with Gasteiger partial charge in [-0.3, -0.25) is 4.55 Å². The molecular weight excluding hydrogens is 204 g/mol. The van der Waals surface area contributed by atoms with E-state index in [9.17, 15) is 8.42 Å². The summed E-state index contributed by atoms with van der Waals surface area (Å²) in [6, 6.07) is 6.38.